The van der Waals surface area contributed by atoms with Gasteiger partial charge in [0.25, 0.3) is 0 Å². The second-order valence-electron chi connectivity index (χ2n) is 10.2. The first-order chi connectivity index (χ1) is 21.9. The average Bonchev–Trinajstić information content (AvgIpc) is 3.83. The first-order valence-electron chi connectivity index (χ1n) is 14.1. The van der Waals surface area contributed by atoms with E-state index in [0.29, 0.717) is 35.6 Å². The number of hydrogen-bond donors (Lipinski definition) is 2. The van der Waals surface area contributed by atoms with Crippen molar-refractivity contribution >= 4 is 23.3 Å². The number of aromatic nitrogens is 8. The van der Waals surface area contributed by atoms with Crippen molar-refractivity contribution in [2.45, 2.75) is 32.2 Å². The van der Waals surface area contributed by atoms with E-state index in [4.69, 9.17) is 29.3 Å². The van der Waals surface area contributed by atoms with Crippen LogP contribution in [0.5, 0.6) is 11.5 Å². The summed E-state index contributed by atoms with van der Waals surface area (Å²) >= 11 is 0. The lowest BCUT2D eigenvalue weighted by atomic mass is 10.1. The molecule has 0 radical (unpaired) electrons. The Labute approximate surface area is 257 Å². The van der Waals surface area contributed by atoms with Crippen LogP contribution in [0.4, 0.5) is 32.1 Å². The predicted molar refractivity (Wildman–Crippen MR) is 160 cm³/mol. The van der Waals surface area contributed by atoms with Gasteiger partial charge in [0.15, 0.2) is 17.5 Å². The van der Waals surface area contributed by atoms with Gasteiger partial charge in [0.1, 0.15) is 54.0 Å². The Morgan fingerprint density at radius 2 is 1.53 bits per heavy atom. The third kappa shape index (κ3) is 6.62. The van der Waals surface area contributed by atoms with Crippen molar-refractivity contribution in [3.05, 3.63) is 77.8 Å². The number of hydrogen-bond acceptors (Lipinski definition) is 12. The molecule has 0 aliphatic heterocycles. The minimum absolute atomic E-state index is 0.0992. The minimum Gasteiger partial charge on any atom is -0.497 e. The van der Waals surface area contributed by atoms with Crippen molar-refractivity contribution in [2.75, 3.05) is 38.1 Å². The van der Waals surface area contributed by atoms with Crippen LogP contribution in [-0.2, 0) is 11.3 Å². The van der Waals surface area contributed by atoms with Gasteiger partial charge in [0.2, 0.25) is 5.75 Å². The highest BCUT2D eigenvalue weighted by Gasteiger charge is 2.33. The molecule has 0 amide bonds. The number of ether oxygens (including phenoxy) is 3. The Morgan fingerprint density at radius 1 is 0.911 bits per heavy atom. The second-order valence-corrected chi connectivity index (χ2v) is 10.2. The van der Waals surface area contributed by atoms with Gasteiger partial charge in [-0.1, -0.05) is 0 Å². The van der Waals surface area contributed by atoms with Gasteiger partial charge < -0.3 is 24.8 Å². The van der Waals surface area contributed by atoms with Gasteiger partial charge in [-0.05, 0) is 31.9 Å². The number of rotatable bonds is 13. The first-order valence-corrected chi connectivity index (χ1v) is 14.1. The first kappa shape index (κ1) is 29.7. The van der Waals surface area contributed by atoms with Crippen molar-refractivity contribution in [3.63, 3.8) is 0 Å². The number of methoxy groups -OCH3 is 2. The molecule has 1 fully saturated rings. The molecule has 0 saturated heterocycles. The highest BCUT2D eigenvalue weighted by molar-refractivity contribution is 5.75. The summed E-state index contributed by atoms with van der Waals surface area (Å²) in [6, 6.07) is 5.69. The molecule has 1 aromatic carbocycles. The summed E-state index contributed by atoms with van der Waals surface area (Å²) in [7, 11) is 2.93. The van der Waals surface area contributed by atoms with Crippen LogP contribution in [0.25, 0.3) is 11.5 Å². The monoisotopic (exact) mass is 616 g/mol. The number of halogens is 2. The van der Waals surface area contributed by atoms with Gasteiger partial charge >= 0.3 is 0 Å². The molecule has 1 saturated carbocycles. The predicted octanol–water partition coefficient (Wildman–Crippen LogP) is 4.95. The Kier molecular flexibility index (Phi) is 8.68. The molecule has 6 rings (SSSR count). The summed E-state index contributed by atoms with van der Waals surface area (Å²) in [5.74, 6) is 0.907. The van der Waals surface area contributed by atoms with Crippen LogP contribution in [0.2, 0.25) is 0 Å². The molecule has 4 aromatic heterocycles. The Bertz CT molecular complexity index is 1700. The van der Waals surface area contributed by atoms with E-state index in [1.54, 1.807) is 36.3 Å². The van der Waals surface area contributed by atoms with Crippen LogP contribution in [0.3, 0.4) is 0 Å². The van der Waals surface area contributed by atoms with Gasteiger partial charge in [-0.25, -0.2) is 38.7 Å². The SMILES string of the molecule is COCCOc1c(Nc2ccncn2)nc(-c2nn(Cc3c(F)cc(OC)cc3F)c(C3CC3)c2C)nc1Nc1ccncn1. The highest BCUT2D eigenvalue weighted by atomic mass is 19.1. The van der Waals surface area contributed by atoms with Gasteiger partial charge in [-0.3, -0.25) is 4.68 Å². The Morgan fingerprint density at radius 3 is 2.04 bits per heavy atom. The maximum absolute atomic E-state index is 15.0. The van der Waals surface area contributed by atoms with Crippen molar-refractivity contribution in [2.24, 2.45) is 0 Å². The summed E-state index contributed by atoms with van der Waals surface area (Å²) in [5.41, 5.74) is 2.01. The zero-order valence-corrected chi connectivity index (χ0v) is 24.8. The zero-order valence-electron chi connectivity index (χ0n) is 24.8. The molecule has 5 aromatic rings. The number of benzene rings is 1. The van der Waals surface area contributed by atoms with Crippen LogP contribution in [0, 0.1) is 18.6 Å². The highest BCUT2D eigenvalue weighted by Crippen LogP contribution is 2.44. The molecule has 0 atom stereocenters. The quantitative estimate of drug-likeness (QED) is 0.173. The molecule has 4 heterocycles. The molecular formula is C30H30F2N10O3. The maximum atomic E-state index is 15.0. The number of nitrogens with one attached hydrogen (secondary N) is 2. The van der Waals surface area contributed by atoms with Crippen LogP contribution in [0.15, 0.2) is 49.3 Å². The van der Waals surface area contributed by atoms with E-state index in [2.05, 4.69) is 30.6 Å². The average molecular weight is 617 g/mol. The fourth-order valence-corrected chi connectivity index (χ4v) is 4.83. The summed E-state index contributed by atoms with van der Waals surface area (Å²) in [5, 5.41) is 11.2. The van der Waals surface area contributed by atoms with Gasteiger partial charge in [0.05, 0.1) is 20.3 Å². The molecular weight excluding hydrogens is 586 g/mol. The van der Waals surface area contributed by atoms with E-state index in [1.165, 1.54) is 19.8 Å². The standard InChI is InChI=1S/C30H30F2N10O3/c1-17-25(41-42(26(17)18-4-5-18)14-20-21(31)12-19(44-3)13-22(20)32)28-39-29(37-23-6-8-33-15-35-23)27(45-11-10-43-2)30(40-28)38-24-7-9-34-16-36-24/h6-9,12-13,15-16,18H,4-5,10-11,14H2,1-3H3,(H2,33,34,35,36,37,38,39,40). The lowest BCUT2D eigenvalue weighted by Gasteiger charge is -2.17. The van der Waals surface area contributed by atoms with E-state index in [0.717, 1.165) is 36.2 Å². The molecule has 45 heavy (non-hydrogen) atoms. The van der Waals surface area contributed by atoms with Crippen molar-refractivity contribution < 1.29 is 23.0 Å². The summed E-state index contributed by atoms with van der Waals surface area (Å²) < 4.78 is 48.0. The summed E-state index contributed by atoms with van der Waals surface area (Å²) in [4.78, 5) is 26.1. The van der Waals surface area contributed by atoms with Gasteiger partial charge in [0, 0.05) is 54.4 Å². The topological polar surface area (TPSA) is 147 Å². The second kappa shape index (κ2) is 13.1. The third-order valence-electron chi connectivity index (χ3n) is 7.13. The van der Waals surface area contributed by atoms with Gasteiger partial charge in [-0.15, -0.1) is 0 Å². The van der Waals surface area contributed by atoms with E-state index >= 15 is 8.78 Å². The van der Waals surface area contributed by atoms with Crippen LogP contribution in [-0.4, -0.2) is 67.1 Å². The molecule has 13 nitrogen and oxygen atoms in total. The smallest absolute Gasteiger partial charge is 0.205 e. The minimum atomic E-state index is -0.718. The Hall–Kier alpha value is -5.31. The van der Waals surface area contributed by atoms with E-state index in [1.807, 2.05) is 6.92 Å². The molecule has 232 valence electrons. The summed E-state index contributed by atoms with van der Waals surface area (Å²) in [6.45, 7) is 2.31. The zero-order chi connectivity index (χ0) is 31.3. The molecule has 1 aliphatic carbocycles. The number of nitrogens with zero attached hydrogens (tertiary/aromatic N) is 8. The normalized spacial score (nSPS) is 12.6. The largest absolute Gasteiger partial charge is 0.497 e. The summed E-state index contributed by atoms with van der Waals surface area (Å²) in [6.07, 6.45) is 7.87. The van der Waals surface area contributed by atoms with E-state index in [-0.39, 0.29) is 42.0 Å². The van der Waals surface area contributed by atoms with Crippen LogP contribution < -0.4 is 20.1 Å². The molecule has 0 bridgehead atoms. The molecule has 15 heteroatoms. The van der Waals surface area contributed by atoms with Crippen molar-refractivity contribution in [1.29, 1.82) is 0 Å². The van der Waals surface area contributed by atoms with Crippen molar-refractivity contribution in [3.8, 4) is 23.0 Å². The molecule has 1 aliphatic rings. The van der Waals surface area contributed by atoms with E-state index < -0.39 is 11.6 Å². The fourth-order valence-electron chi connectivity index (χ4n) is 4.83. The maximum Gasteiger partial charge on any atom is 0.205 e. The van der Waals surface area contributed by atoms with Crippen molar-refractivity contribution in [1.82, 2.24) is 39.7 Å². The van der Waals surface area contributed by atoms with Gasteiger partial charge in [-0.2, -0.15) is 5.10 Å². The third-order valence-corrected chi connectivity index (χ3v) is 7.13. The molecule has 0 spiro atoms. The lowest BCUT2D eigenvalue weighted by molar-refractivity contribution is 0.147. The lowest BCUT2D eigenvalue weighted by Crippen LogP contribution is -2.12. The molecule has 2 N–H and O–H groups in total. The van der Waals surface area contributed by atoms with Crippen LogP contribution in [0.1, 0.15) is 35.6 Å². The van der Waals surface area contributed by atoms with E-state index in [9.17, 15) is 0 Å². The Balaban J connectivity index is 1.48. The fraction of sp³-hybridized carbons (Fsp3) is 0.300. The number of anilines is 4. The molecule has 0 unspecified atom stereocenters. The van der Waals surface area contributed by atoms with Crippen LogP contribution >= 0.6 is 0 Å².